The van der Waals surface area contributed by atoms with Gasteiger partial charge in [-0.3, -0.25) is 9.69 Å². The Kier molecular flexibility index (Phi) is 6.22. The van der Waals surface area contributed by atoms with E-state index in [1.807, 2.05) is 0 Å². The third kappa shape index (κ3) is 4.43. The average molecular weight is 509 g/mol. The number of nitrogens with one attached hydrogen (secondary N) is 1. The zero-order valence-corrected chi connectivity index (χ0v) is 20.0. The minimum atomic E-state index is -3.24. The Morgan fingerprint density at radius 3 is 2.51 bits per heavy atom. The second-order valence-corrected chi connectivity index (χ2v) is 9.71. The molecule has 1 aromatic heterocycles. The summed E-state index contributed by atoms with van der Waals surface area (Å²) in [5, 5.41) is 15.0. The molecule has 4 rings (SSSR count). The van der Waals surface area contributed by atoms with Gasteiger partial charge in [-0.2, -0.15) is 0 Å². The topological polar surface area (TPSA) is 104 Å². The Hall–Kier alpha value is -3.25. The lowest BCUT2D eigenvalue weighted by Gasteiger charge is -2.37. The standard InChI is InChI=1S/C23H23F3N4O4S/c1-21(20(32)33)11-23(25,26)12-30(21)10-15-16(19(31)34-3)22(2,13-4-6-14(24)7-5-13)29-17(28-15)18-27-8-9-35-18/h4-9H,10-12H2,1-3H3,(H,28,29)(H,32,33). The van der Waals surface area contributed by atoms with Crippen LogP contribution in [0.2, 0.25) is 0 Å². The van der Waals surface area contributed by atoms with E-state index in [1.54, 1.807) is 18.5 Å². The van der Waals surface area contributed by atoms with Crippen molar-refractivity contribution in [1.29, 1.82) is 0 Å². The summed E-state index contributed by atoms with van der Waals surface area (Å²) in [6, 6.07) is 5.38. The predicted octanol–water partition coefficient (Wildman–Crippen LogP) is 3.16. The number of rotatable bonds is 6. The van der Waals surface area contributed by atoms with E-state index >= 15 is 0 Å². The van der Waals surface area contributed by atoms with Crippen molar-refractivity contribution in [1.82, 2.24) is 15.2 Å². The maximum absolute atomic E-state index is 14.4. The van der Waals surface area contributed by atoms with Gasteiger partial charge in [-0.15, -0.1) is 11.3 Å². The maximum atomic E-state index is 14.4. The molecule has 3 heterocycles. The van der Waals surface area contributed by atoms with Crippen molar-refractivity contribution >= 4 is 29.1 Å². The Labute approximate surface area is 203 Å². The fourth-order valence-electron chi connectivity index (χ4n) is 4.53. The van der Waals surface area contributed by atoms with Crippen LogP contribution in [0.3, 0.4) is 0 Å². The van der Waals surface area contributed by atoms with Crippen molar-refractivity contribution in [3.8, 4) is 0 Å². The number of amidine groups is 1. The number of aliphatic carboxylic acids is 1. The molecular formula is C23H23F3N4O4S. The SMILES string of the molecule is COC(=O)C1=C(CN2CC(F)(F)CC2(C)C(=O)O)NC(c2nccs2)=NC1(C)c1ccc(F)cc1. The van der Waals surface area contributed by atoms with Gasteiger partial charge in [0.05, 0.1) is 19.2 Å². The van der Waals surface area contributed by atoms with Crippen LogP contribution in [0.1, 0.15) is 30.8 Å². The molecule has 35 heavy (non-hydrogen) atoms. The molecule has 2 aliphatic heterocycles. The average Bonchev–Trinajstić information content (AvgIpc) is 3.40. The van der Waals surface area contributed by atoms with Crippen LogP contribution >= 0.6 is 11.3 Å². The molecule has 1 saturated heterocycles. The van der Waals surface area contributed by atoms with Gasteiger partial charge >= 0.3 is 11.9 Å². The van der Waals surface area contributed by atoms with E-state index in [-0.39, 0.29) is 23.7 Å². The summed E-state index contributed by atoms with van der Waals surface area (Å²) in [5.74, 6) is -5.65. The van der Waals surface area contributed by atoms with Crippen molar-refractivity contribution in [2.45, 2.75) is 37.3 Å². The molecule has 2 aliphatic rings. The van der Waals surface area contributed by atoms with Crippen LogP contribution in [-0.2, 0) is 19.9 Å². The molecule has 0 radical (unpaired) electrons. The number of ether oxygens (including phenoxy) is 1. The van der Waals surface area contributed by atoms with Crippen molar-refractivity contribution in [3.63, 3.8) is 0 Å². The third-order valence-electron chi connectivity index (χ3n) is 6.36. The van der Waals surface area contributed by atoms with E-state index in [0.29, 0.717) is 10.6 Å². The number of benzene rings is 1. The summed E-state index contributed by atoms with van der Waals surface area (Å²) < 4.78 is 47.5. The molecule has 0 saturated carbocycles. The number of hydrogen-bond acceptors (Lipinski definition) is 8. The van der Waals surface area contributed by atoms with Crippen molar-refractivity contribution in [2.24, 2.45) is 4.99 Å². The molecular weight excluding hydrogens is 485 g/mol. The first-order chi connectivity index (χ1) is 16.4. The van der Waals surface area contributed by atoms with Gasteiger partial charge in [0.15, 0.2) is 10.8 Å². The van der Waals surface area contributed by atoms with Gasteiger partial charge in [-0.05, 0) is 31.5 Å². The fourth-order valence-corrected chi connectivity index (χ4v) is 5.11. The number of alkyl halides is 2. The largest absolute Gasteiger partial charge is 0.480 e. The number of likely N-dealkylation sites (tertiary alicyclic amines) is 1. The van der Waals surface area contributed by atoms with Crippen LogP contribution in [-0.4, -0.2) is 64.4 Å². The smallest absolute Gasteiger partial charge is 0.338 e. The number of nitrogens with zero attached hydrogens (tertiary/aromatic N) is 3. The van der Waals surface area contributed by atoms with Gasteiger partial charge in [0.2, 0.25) is 0 Å². The zero-order chi connectivity index (χ0) is 25.6. The van der Waals surface area contributed by atoms with Crippen LogP contribution in [0.15, 0.2) is 52.1 Å². The van der Waals surface area contributed by atoms with Crippen LogP contribution in [0.4, 0.5) is 13.2 Å². The number of aromatic nitrogens is 1. The maximum Gasteiger partial charge on any atom is 0.338 e. The van der Waals surface area contributed by atoms with Gasteiger partial charge < -0.3 is 15.2 Å². The van der Waals surface area contributed by atoms with Crippen LogP contribution in [0.5, 0.6) is 0 Å². The number of carboxylic acids is 1. The fraction of sp³-hybridized carbons (Fsp3) is 0.391. The molecule has 2 aromatic rings. The van der Waals surface area contributed by atoms with Crippen LogP contribution in [0, 0.1) is 5.82 Å². The van der Waals surface area contributed by atoms with E-state index in [0.717, 1.165) is 4.90 Å². The van der Waals surface area contributed by atoms with Crippen LogP contribution < -0.4 is 5.32 Å². The molecule has 2 atom stereocenters. The number of hydrogen-bond donors (Lipinski definition) is 2. The molecule has 1 fully saturated rings. The lowest BCUT2D eigenvalue weighted by Crippen LogP contribution is -2.51. The van der Waals surface area contributed by atoms with Gasteiger partial charge in [-0.1, -0.05) is 12.1 Å². The normalized spacial score (nSPS) is 26.3. The number of thiazole rings is 1. The summed E-state index contributed by atoms with van der Waals surface area (Å²) in [4.78, 5) is 35.1. The summed E-state index contributed by atoms with van der Waals surface area (Å²) in [6.07, 6.45) is 0.681. The second kappa shape index (κ2) is 8.76. The van der Waals surface area contributed by atoms with Crippen molar-refractivity contribution in [3.05, 3.63) is 63.5 Å². The van der Waals surface area contributed by atoms with Crippen LogP contribution in [0.25, 0.3) is 0 Å². The summed E-state index contributed by atoms with van der Waals surface area (Å²) >= 11 is 1.26. The van der Waals surface area contributed by atoms with E-state index in [1.165, 1.54) is 49.6 Å². The molecule has 12 heteroatoms. The predicted molar refractivity (Wildman–Crippen MR) is 122 cm³/mol. The highest BCUT2D eigenvalue weighted by Gasteiger charge is 2.57. The molecule has 1 aromatic carbocycles. The number of carbonyl (C=O) groups excluding carboxylic acids is 1. The molecule has 2 N–H and O–H groups in total. The second-order valence-electron chi connectivity index (χ2n) is 8.81. The first kappa shape index (κ1) is 24.9. The van der Waals surface area contributed by atoms with E-state index in [2.05, 4.69) is 10.3 Å². The first-order valence-corrected chi connectivity index (χ1v) is 11.5. The lowest BCUT2D eigenvalue weighted by atomic mass is 9.82. The number of carboxylic acid groups (broad SMARTS) is 1. The van der Waals surface area contributed by atoms with E-state index in [9.17, 15) is 27.9 Å². The molecule has 0 amide bonds. The summed E-state index contributed by atoms with van der Waals surface area (Å²) in [5.41, 5.74) is -2.70. The number of methoxy groups -OCH3 is 1. The van der Waals surface area contributed by atoms with Gasteiger partial charge in [-0.25, -0.2) is 27.9 Å². The minimum Gasteiger partial charge on any atom is -0.480 e. The number of esters is 1. The van der Waals surface area contributed by atoms with Gasteiger partial charge in [0, 0.05) is 30.2 Å². The minimum absolute atomic E-state index is 0.00475. The molecule has 0 spiro atoms. The Bertz CT molecular complexity index is 1220. The lowest BCUT2D eigenvalue weighted by molar-refractivity contribution is -0.148. The van der Waals surface area contributed by atoms with E-state index in [4.69, 9.17) is 9.73 Å². The van der Waals surface area contributed by atoms with E-state index < -0.39 is 47.7 Å². The Balaban J connectivity index is 1.89. The number of aliphatic imine (C=N–C) groups is 1. The highest BCUT2D eigenvalue weighted by atomic mass is 32.1. The molecule has 2 unspecified atom stereocenters. The molecule has 186 valence electrons. The highest BCUT2D eigenvalue weighted by Crippen LogP contribution is 2.43. The third-order valence-corrected chi connectivity index (χ3v) is 7.14. The van der Waals surface area contributed by atoms with Gasteiger partial charge in [0.1, 0.15) is 16.9 Å². The molecule has 0 aliphatic carbocycles. The van der Waals surface area contributed by atoms with Gasteiger partial charge in [0.25, 0.3) is 5.92 Å². The summed E-state index contributed by atoms with van der Waals surface area (Å²) in [7, 11) is 1.17. The number of halogens is 3. The monoisotopic (exact) mass is 508 g/mol. The first-order valence-electron chi connectivity index (χ1n) is 10.6. The quantitative estimate of drug-likeness (QED) is 0.578. The number of carbonyl (C=O) groups is 2. The molecule has 8 nitrogen and oxygen atoms in total. The van der Waals surface area contributed by atoms with Crippen molar-refractivity contribution in [2.75, 3.05) is 20.2 Å². The Morgan fingerprint density at radius 1 is 1.26 bits per heavy atom. The molecule has 0 bridgehead atoms. The zero-order valence-electron chi connectivity index (χ0n) is 19.1. The highest BCUT2D eigenvalue weighted by molar-refractivity contribution is 7.11. The Morgan fingerprint density at radius 2 is 1.94 bits per heavy atom. The summed E-state index contributed by atoms with van der Waals surface area (Å²) in [6.45, 7) is 1.71. The van der Waals surface area contributed by atoms with Crippen molar-refractivity contribution < 1.29 is 32.6 Å².